The van der Waals surface area contributed by atoms with Gasteiger partial charge in [0.15, 0.2) is 5.82 Å². The number of aryl methyl sites for hydroxylation is 1. The second-order valence-corrected chi connectivity index (χ2v) is 4.52. The van der Waals surface area contributed by atoms with Gasteiger partial charge in [-0.25, -0.2) is 9.97 Å². The first-order valence-electron chi connectivity index (χ1n) is 6.12. The van der Waals surface area contributed by atoms with Crippen LogP contribution in [0.25, 0.3) is 5.65 Å². The number of anilines is 1. The van der Waals surface area contributed by atoms with E-state index in [-0.39, 0.29) is 6.04 Å². The molecule has 1 unspecified atom stereocenters. The van der Waals surface area contributed by atoms with Crippen molar-refractivity contribution in [3.05, 3.63) is 36.9 Å². The molecule has 0 aliphatic rings. The molecule has 0 spiro atoms. The Balaban J connectivity index is 1.81. The van der Waals surface area contributed by atoms with E-state index in [1.807, 2.05) is 28.3 Å². The smallest absolute Gasteiger partial charge is 0.203 e. The highest BCUT2D eigenvalue weighted by atomic mass is 15.3. The minimum atomic E-state index is 0.213. The molecule has 0 aliphatic carbocycles. The molecule has 98 valence electrons. The molecule has 0 saturated heterocycles. The zero-order valence-corrected chi connectivity index (χ0v) is 10.9. The molecule has 3 aromatic rings. The molecule has 0 fully saturated rings. The predicted molar refractivity (Wildman–Crippen MR) is 70.8 cm³/mol. The fourth-order valence-corrected chi connectivity index (χ4v) is 2.03. The monoisotopic (exact) mass is 257 g/mol. The summed E-state index contributed by atoms with van der Waals surface area (Å²) in [5, 5.41) is 11.5. The first kappa shape index (κ1) is 11.6. The Morgan fingerprint density at radius 2 is 2.16 bits per heavy atom. The Bertz CT molecular complexity index is 671. The second-order valence-electron chi connectivity index (χ2n) is 4.52. The highest BCUT2D eigenvalue weighted by Crippen LogP contribution is 2.13. The lowest BCUT2D eigenvalue weighted by Crippen LogP contribution is -2.22. The van der Waals surface area contributed by atoms with Gasteiger partial charge in [-0.15, -0.1) is 10.2 Å². The zero-order chi connectivity index (χ0) is 13.2. The van der Waals surface area contributed by atoms with Crippen LogP contribution >= 0.6 is 0 Å². The van der Waals surface area contributed by atoms with Crippen molar-refractivity contribution in [1.82, 2.24) is 29.1 Å². The van der Waals surface area contributed by atoms with Crippen molar-refractivity contribution in [3.8, 4) is 0 Å². The predicted octanol–water partition coefficient (Wildman–Crippen LogP) is 1.13. The largest absolute Gasteiger partial charge is 0.363 e. The molecule has 19 heavy (non-hydrogen) atoms. The minimum absolute atomic E-state index is 0.213. The van der Waals surface area contributed by atoms with E-state index >= 15 is 0 Å². The third kappa shape index (κ3) is 2.26. The lowest BCUT2D eigenvalue weighted by molar-refractivity contribution is 0.617. The first-order chi connectivity index (χ1) is 9.24. The van der Waals surface area contributed by atoms with E-state index in [0.29, 0.717) is 0 Å². The van der Waals surface area contributed by atoms with Crippen molar-refractivity contribution >= 4 is 11.5 Å². The van der Waals surface area contributed by atoms with Crippen LogP contribution in [0.2, 0.25) is 0 Å². The maximum absolute atomic E-state index is 4.33. The molecule has 3 rings (SSSR count). The standard InChI is InChI=1S/C12H15N7/c1-9(7-18-5-3-13-8-18)15-11-12-17-16-10(2)19(12)6-4-14-11/h3-6,8-9H,7H2,1-2H3,(H,14,15). The summed E-state index contributed by atoms with van der Waals surface area (Å²) >= 11 is 0. The summed E-state index contributed by atoms with van der Waals surface area (Å²) < 4.78 is 3.94. The summed E-state index contributed by atoms with van der Waals surface area (Å²) in [4.78, 5) is 8.36. The summed E-state index contributed by atoms with van der Waals surface area (Å²) in [6.45, 7) is 4.82. The SMILES string of the molecule is Cc1nnc2c(NC(C)Cn3ccnc3)nccn12. The molecule has 0 aliphatic heterocycles. The normalized spacial score (nSPS) is 12.7. The summed E-state index contributed by atoms with van der Waals surface area (Å²) in [7, 11) is 0. The number of imidazole rings is 1. The molecular formula is C12H15N7. The third-order valence-electron chi connectivity index (χ3n) is 2.92. The lowest BCUT2D eigenvalue weighted by Gasteiger charge is -2.15. The van der Waals surface area contributed by atoms with E-state index in [4.69, 9.17) is 0 Å². The number of nitrogens with one attached hydrogen (secondary N) is 1. The second kappa shape index (κ2) is 4.68. The fraction of sp³-hybridized carbons (Fsp3) is 0.333. The molecular weight excluding hydrogens is 242 g/mol. The van der Waals surface area contributed by atoms with Crippen LogP contribution in [0.4, 0.5) is 5.82 Å². The first-order valence-corrected chi connectivity index (χ1v) is 6.12. The zero-order valence-electron chi connectivity index (χ0n) is 10.9. The van der Waals surface area contributed by atoms with Crippen molar-refractivity contribution in [2.24, 2.45) is 0 Å². The average Bonchev–Trinajstić information content (AvgIpc) is 3.01. The summed E-state index contributed by atoms with van der Waals surface area (Å²) in [6, 6.07) is 0.213. The van der Waals surface area contributed by atoms with Gasteiger partial charge in [-0.3, -0.25) is 4.40 Å². The molecule has 3 aromatic heterocycles. The third-order valence-corrected chi connectivity index (χ3v) is 2.92. The Labute approximate surface area is 110 Å². The average molecular weight is 257 g/mol. The lowest BCUT2D eigenvalue weighted by atomic mass is 10.3. The van der Waals surface area contributed by atoms with Gasteiger partial charge in [0.2, 0.25) is 5.65 Å². The molecule has 0 aromatic carbocycles. The van der Waals surface area contributed by atoms with Gasteiger partial charge in [-0.2, -0.15) is 0 Å². The molecule has 7 nitrogen and oxygen atoms in total. The highest BCUT2D eigenvalue weighted by Gasteiger charge is 2.10. The van der Waals surface area contributed by atoms with Gasteiger partial charge in [0.25, 0.3) is 0 Å². The van der Waals surface area contributed by atoms with Crippen LogP contribution in [0.1, 0.15) is 12.7 Å². The van der Waals surface area contributed by atoms with Crippen LogP contribution < -0.4 is 5.32 Å². The van der Waals surface area contributed by atoms with E-state index < -0.39 is 0 Å². The molecule has 0 amide bonds. The van der Waals surface area contributed by atoms with Gasteiger partial charge in [0.1, 0.15) is 5.82 Å². The molecule has 0 saturated carbocycles. The van der Waals surface area contributed by atoms with E-state index in [1.54, 1.807) is 18.7 Å². The summed E-state index contributed by atoms with van der Waals surface area (Å²) in [5.41, 5.74) is 0.748. The fourth-order valence-electron chi connectivity index (χ4n) is 2.03. The summed E-state index contributed by atoms with van der Waals surface area (Å²) in [6.07, 6.45) is 9.11. The van der Waals surface area contributed by atoms with Gasteiger partial charge in [-0.1, -0.05) is 0 Å². The van der Waals surface area contributed by atoms with Crippen molar-refractivity contribution in [2.45, 2.75) is 26.4 Å². The number of nitrogens with zero attached hydrogens (tertiary/aromatic N) is 6. The van der Waals surface area contributed by atoms with Crippen LogP contribution in [0.3, 0.4) is 0 Å². The molecule has 0 radical (unpaired) electrons. The number of hydrogen-bond donors (Lipinski definition) is 1. The van der Waals surface area contributed by atoms with Gasteiger partial charge in [-0.05, 0) is 13.8 Å². The molecule has 1 atom stereocenters. The molecule has 1 N–H and O–H groups in total. The van der Waals surface area contributed by atoms with E-state index in [0.717, 1.165) is 23.8 Å². The molecule has 0 bridgehead atoms. The van der Waals surface area contributed by atoms with E-state index in [2.05, 4.69) is 32.4 Å². The van der Waals surface area contributed by atoms with Gasteiger partial charge < -0.3 is 9.88 Å². The Hall–Kier alpha value is -2.44. The van der Waals surface area contributed by atoms with Crippen molar-refractivity contribution in [2.75, 3.05) is 5.32 Å². The van der Waals surface area contributed by atoms with Crippen molar-refractivity contribution < 1.29 is 0 Å². The van der Waals surface area contributed by atoms with E-state index in [1.165, 1.54) is 0 Å². The van der Waals surface area contributed by atoms with Crippen LogP contribution in [-0.2, 0) is 6.54 Å². The Morgan fingerprint density at radius 1 is 1.26 bits per heavy atom. The molecule has 3 heterocycles. The summed E-state index contributed by atoms with van der Waals surface area (Å²) in [5.74, 6) is 1.60. The topological polar surface area (TPSA) is 72.9 Å². The number of aromatic nitrogens is 6. The van der Waals surface area contributed by atoms with Crippen LogP contribution in [0, 0.1) is 6.92 Å². The van der Waals surface area contributed by atoms with Crippen molar-refractivity contribution in [3.63, 3.8) is 0 Å². The Kier molecular flexibility index (Phi) is 2.86. The highest BCUT2D eigenvalue weighted by molar-refractivity contribution is 5.62. The van der Waals surface area contributed by atoms with Crippen LogP contribution in [0.5, 0.6) is 0 Å². The minimum Gasteiger partial charge on any atom is -0.363 e. The van der Waals surface area contributed by atoms with Crippen molar-refractivity contribution in [1.29, 1.82) is 0 Å². The number of fused-ring (bicyclic) bond motifs is 1. The van der Waals surface area contributed by atoms with Crippen LogP contribution in [0.15, 0.2) is 31.1 Å². The van der Waals surface area contributed by atoms with Crippen LogP contribution in [-0.4, -0.2) is 35.2 Å². The molecule has 7 heteroatoms. The van der Waals surface area contributed by atoms with E-state index in [9.17, 15) is 0 Å². The number of hydrogen-bond acceptors (Lipinski definition) is 5. The van der Waals surface area contributed by atoms with Gasteiger partial charge in [0, 0.05) is 37.4 Å². The maximum Gasteiger partial charge on any atom is 0.203 e. The maximum atomic E-state index is 4.33. The quantitative estimate of drug-likeness (QED) is 0.758. The number of rotatable bonds is 4. The van der Waals surface area contributed by atoms with Gasteiger partial charge in [0.05, 0.1) is 6.33 Å². The van der Waals surface area contributed by atoms with Gasteiger partial charge >= 0.3 is 0 Å². The Morgan fingerprint density at radius 3 is 2.95 bits per heavy atom.